The first-order valence-corrected chi connectivity index (χ1v) is 10.3. The van der Waals surface area contributed by atoms with E-state index in [0.717, 1.165) is 16.9 Å². The first-order chi connectivity index (χ1) is 14.4. The van der Waals surface area contributed by atoms with E-state index < -0.39 is 0 Å². The van der Waals surface area contributed by atoms with Crippen molar-refractivity contribution in [2.45, 2.75) is 26.4 Å². The van der Waals surface area contributed by atoms with E-state index in [4.69, 9.17) is 32.7 Å². The number of halogens is 2. The molecule has 1 amide bonds. The van der Waals surface area contributed by atoms with Crippen LogP contribution in [-0.4, -0.2) is 13.0 Å². The number of hydrogen-bond donors (Lipinski definition) is 1. The summed E-state index contributed by atoms with van der Waals surface area (Å²) in [5, 5.41) is 3.69. The predicted octanol–water partition coefficient (Wildman–Crippen LogP) is 6.96. The second-order valence-corrected chi connectivity index (χ2v) is 7.93. The Labute approximate surface area is 186 Å². The molecule has 0 spiro atoms. The zero-order valence-electron chi connectivity index (χ0n) is 17.0. The van der Waals surface area contributed by atoms with Gasteiger partial charge in [0.25, 0.3) is 5.91 Å². The number of nitrogens with one attached hydrogen (secondary N) is 1. The summed E-state index contributed by atoms with van der Waals surface area (Å²) in [4.78, 5) is 12.8. The van der Waals surface area contributed by atoms with Gasteiger partial charge in [-0.3, -0.25) is 4.79 Å². The fourth-order valence-electron chi connectivity index (χ4n) is 3.06. The topological polar surface area (TPSA) is 47.6 Å². The van der Waals surface area contributed by atoms with Gasteiger partial charge < -0.3 is 14.8 Å². The lowest BCUT2D eigenvalue weighted by atomic mass is 10.0. The molecule has 0 aromatic heterocycles. The van der Waals surface area contributed by atoms with Crippen molar-refractivity contribution >= 4 is 34.8 Å². The number of methoxy groups -OCH3 is 1. The van der Waals surface area contributed by atoms with Crippen LogP contribution < -0.4 is 14.8 Å². The lowest BCUT2D eigenvalue weighted by Crippen LogP contribution is -2.13. The summed E-state index contributed by atoms with van der Waals surface area (Å²) in [7, 11) is 1.59. The molecule has 0 aliphatic rings. The Morgan fingerprint density at radius 1 is 1.00 bits per heavy atom. The van der Waals surface area contributed by atoms with Crippen LogP contribution in [0.3, 0.4) is 0 Å². The first-order valence-electron chi connectivity index (χ1n) is 9.54. The van der Waals surface area contributed by atoms with Crippen LogP contribution in [-0.2, 0) is 6.61 Å². The van der Waals surface area contributed by atoms with E-state index in [1.807, 2.05) is 18.2 Å². The summed E-state index contributed by atoms with van der Waals surface area (Å²) in [5.74, 6) is 1.50. The molecule has 3 rings (SSSR count). The standard InChI is InChI=1S/C24H23Cl2NO3/c1-15(2)19-6-4-5-7-23(19)30-14-17-12-16(8-11-22(17)29-3)24(28)27-21-13-18(25)9-10-20(21)26/h4-13,15H,14H2,1-3H3,(H,27,28). The number of carbonyl (C=O) groups is 1. The summed E-state index contributed by atoms with van der Waals surface area (Å²) in [6, 6.07) is 18.0. The maximum atomic E-state index is 12.8. The van der Waals surface area contributed by atoms with Gasteiger partial charge in [0.2, 0.25) is 0 Å². The molecule has 4 nitrogen and oxygen atoms in total. The second-order valence-electron chi connectivity index (χ2n) is 7.09. The number of hydrogen-bond acceptors (Lipinski definition) is 3. The van der Waals surface area contributed by atoms with Crippen molar-refractivity contribution in [3.05, 3.63) is 87.4 Å². The van der Waals surface area contributed by atoms with Gasteiger partial charge in [-0.1, -0.05) is 55.2 Å². The van der Waals surface area contributed by atoms with Crippen molar-refractivity contribution in [3.8, 4) is 11.5 Å². The van der Waals surface area contributed by atoms with Gasteiger partial charge in [0.1, 0.15) is 18.1 Å². The molecule has 0 aliphatic carbocycles. The number of carbonyl (C=O) groups excluding carboxylic acids is 1. The minimum absolute atomic E-state index is 0.270. The molecule has 3 aromatic carbocycles. The highest BCUT2D eigenvalue weighted by Crippen LogP contribution is 2.29. The van der Waals surface area contributed by atoms with E-state index >= 15 is 0 Å². The van der Waals surface area contributed by atoms with Crippen molar-refractivity contribution in [1.29, 1.82) is 0 Å². The zero-order chi connectivity index (χ0) is 21.7. The average molecular weight is 444 g/mol. The van der Waals surface area contributed by atoms with E-state index in [1.165, 1.54) is 0 Å². The Morgan fingerprint density at radius 3 is 2.50 bits per heavy atom. The van der Waals surface area contributed by atoms with Crippen LogP contribution in [0.15, 0.2) is 60.7 Å². The molecule has 0 atom stereocenters. The Kier molecular flexibility index (Phi) is 7.24. The number of para-hydroxylation sites is 1. The maximum Gasteiger partial charge on any atom is 0.255 e. The molecule has 0 bridgehead atoms. The molecule has 0 heterocycles. The molecular formula is C24H23Cl2NO3. The maximum absolute atomic E-state index is 12.8. The number of anilines is 1. The molecule has 0 fully saturated rings. The smallest absolute Gasteiger partial charge is 0.255 e. The Hall–Kier alpha value is -2.69. The Morgan fingerprint density at radius 2 is 1.77 bits per heavy atom. The van der Waals surface area contributed by atoms with E-state index in [-0.39, 0.29) is 12.5 Å². The van der Waals surface area contributed by atoms with Gasteiger partial charge in [-0.05, 0) is 53.9 Å². The third kappa shape index (κ3) is 5.26. The Balaban J connectivity index is 1.81. The van der Waals surface area contributed by atoms with Gasteiger partial charge in [-0.25, -0.2) is 0 Å². The quantitative estimate of drug-likeness (QED) is 0.429. The third-order valence-corrected chi connectivity index (χ3v) is 5.21. The van der Waals surface area contributed by atoms with Crippen LogP contribution in [0.25, 0.3) is 0 Å². The highest BCUT2D eigenvalue weighted by molar-refractivity contribution is 6.35. The summed E-state index contributed by atoms with van der Waals surface area (Å²) in [5.41, 5.74) is 2.80. The van der Waals surface area contributed by atoms with E-state index in [0.29, 0.717) is 33.0 Å². The minimum atomic E-state index is -0.300. The third-order valence-electron chi connectivity index (χ3n) is 4.64. The largest absolute Gasteiger partial charge is 0.496 e. The highest BCUT2D eigenvalue weighted by Gasteiger charge is 2.14. The van der Waals surface area contributed by atoms with Crippen LogP contribution in [0.2, 0.25) is 10.0 Å². The van der Waals surface area contributed by atoms with E-state index in [2.05, 4.69) is 25.2 Å². The summed E-state index contributed by atoms with van der Waals surface area (Å²) < 4.78 is 11.5. The average Bonchev–Trinajstić information content (AvgIpc) is 2.74. The van der Waals surface area contributed by atoms with Crippen LogP contribution in [0.5, 0.6) is 11.5 Å². The molecule has 30 heavy (non-hydrogen) atoms. The zero-order valence-corrected chi connectivity index (χ0v) is 18.6. The second kappa shape index (κ2) is 9.88. The highest BCUT2D eigenvalue weighted by atomic mass is 35.5. The minimum Gasteiger partial charge on any atom is -0.496 e. The number of benzene rings is 3. The fourth-order valence-corrected chi connectivity index (χ4v) is 3.40. The van der Waals surface area contributed by atoms with Gasteiger partial charge in [0.05, 0.1) is 17.8 Å². The van der Waals surface area contributed by atoms with Crippen LogP contribution >= 0.6 is 23.2 Å². The van der Waals surface area contributed by atoms with Gasteiger partial charge in [-0.2, -0.15) is 0 Å². The van der Waals surface area contributed by atoms with Crippen molar-refractivity contribution in [2.75, 3.05) is 12.4 Å². The van der Waals surface area contributed by atoms with Crippen LogP contribution in [0.4, 0.5) is 5.69 Å². The molecule has 0 saturated carbocycles. The number of amides is 1. The normalized spacial score (nSPS) is 10.7. The SMILES string of the molecule is COc1ccc(C(=O)Nc2cc(Cl)ccc2Cl)cc1COc1ccccc1C(C)C. The van der Waals surface area contributed by atoms with Gasteiger partial charge in [0.15, 0.2) is 0 Å². The van der Waals surface area contributed by atoms with Gasteiger partial charge in [0, 0.05) is 16.1 Å². The summed E-state index contributed by atoms with van der Waals surface area (Å²) >= 11 is 12.2. The van der Waals surface area contributed by atoms with Crippen LogP contribution in [0, 0.1) is 0 Å². The molecule has 0 saturated heterocycles. The van der Waals surface area contributed by atoms with Crippen molar-refractivity contribution in [2.24, 2.45) is 0 Å². The molecule has 156 valence electrons. The molecule has 6 heteroatoms. The molecular weight excluding hydrogens is 421 g/mol. The molecule has 0 aliphatic heterocycles. The molecule has 1 N–H and O–H groups in total. The fraction of sp³-hybridized carbons (Fsp3) is 0.208. The lowest BCUT2D eigenvalue weighted by Gasteiger charge is -2.16. The van der Waals surface area contributed by atoms with Crippen molar-refractivity contribution in [3.63, 3.8) is 0 Å². The number of rotatable bonds is 7. The van der Waals surface area contributed by atoms with Crippen molar-refractivity contribution in [1.82, 2.24) is 0 Å². The number of ether oxygens (including phenoxy) is 2. The monoisotopic (exact) mass is 443 g/mol. The lowest BCUT2D eigenvalue weighted by molar-refractivity contribution is 0.102. The summed E-state index contributed by atoms with van der Waals surface area (Å²) in [6.07, 6.45) is 0. The predicted molar refractivity (Wildman–Crippen MR) is 122 cm³/mol. The van der Waals surface area contributed by atoms with Crippen molar-refractivity contribution < 1.29 is 14.3 Å². The molecule has 3 aromatic rings. The van der Waals surface area contributed by atoms with Gasteiger partial charge in [-0.15, -0.1) is 0 Å². The van der Waals surface area contributed by atoms with Crippen LogP contribution in [0.1, 0.15) is 41.3 Å². The van der Waals surface area contributed by atoms with E-state index in [1.54, 1.807) is 43.5 Å². The van der Waals surface area contributed by atoms with Gasteiger partial charge >= 0.3 is 0 Å². The molecule has 0 unspecified atom stereocenters. The first kappa shape index (κ1) is 22.0. The van der Waals surface area contributed by atoms with E-state index in [9.17, 15) is 4.79 Å². The Bertz CT molecular complexity index is 1050. The summed E-state index contributed by atoms with van der Waals surface area (Å²) in [6.45, 7) is 4.51. The molecule has 0 radical (unpaired) electrons.